The van der Waals surface area contributed by atoms with Crippen molar-refractivity contribution in [3.8, 4) is 11.4 Å². The second-order valence-electron chi connectivity index (χ2n) is 15.2. The summed E-state index contributed by atoms with van der Waals surface area (Å²) in [7, 11) is -2.77. The van der Waals surface area contributed by atoms with Gasteiger partial charge in [-0.15, -0.1) is 0 Å². The summed E-state index contributed by atoms with van der Waals surface area (Å²) in [5.74, 6) is 0. The van der Waals surface area contributed by atoms with Crippen LogP contribution in [0.4, 0.5) is 0 Å². The van der Waals surface area contributed by atoms with Crippen LogP contribution in [0, 0.1) is 0 Å². The molecule has 0 radical (unpaired) electrons. The van der Waals surface area contributed by atoms with E-state index in [1.54, 1.807) is 0 Å². The van der Waals surface area contributed by atoms with Crippen LogP contribution in [0.15, 0.2) is 223 Å². The van der Waals surface area contributed by atoms with E-state index in [4.69, 9.17) is 4.42 Å². The van der Waals surface area contributed by atoms with Gasteiger partial charge in [0.2, 0.25) is 0 Å². The Balaban J connectivity index is 1.13. The number of hydrogen-bond donors (Lipinski definition) is 0. The lowest BCUT2D eigenvalue weighted by molar-refractivity contribution is 0.669. The minimum absolute atomic E-state index is 0.879. The largest absolute Gasteiger partial charge is 0.456 e. The summed E-state index contributed by atoms with van der Waals surface area (Å²) < 4.78 is 11.6. The maximum absolute atomic E-state index is 6.75. The molecule has 272 valence electrons. The summed E-state index contributed by atoms with van der Waals surface area (Å²) in [6.07, 6.45) is 0. The maximum Gasteiger partial charge on any atom is 0.179 e. The van der Waals surface area contributed by atoms with E-state index < -0.39 is 8.07 Å². The predicted octanol–water partition coefficient (Wildman–Crippen LogP) is 11.2. The van der Waals surface area contributed by atoms with E-state index in [9.17, 15) is 0 Å². The van der Waals surface area contributed by atoms with Gasteiger partial charge in [0.25, 0.3) is 0 Å². The number of para-hydroxylation sites is 3. The van der Waals surface area contributed by atoms with Crippen LogP contribution in [0.25, 0.3) is 76.9 Å². The van der Waals surface area contributed by atoms with Gasteiger partial charge in [0.1, 0.15) is 11.2 Å². The van der Waals surface area contributed by atoms with Crippen molar-refractivity contribution in [2.45, 2.75) is 0 Å². The first-order valence-corrected chi connectivity index (χ1v) is 21.9. The topological polar surface area (TPSA) is 23.0 Å². The van der Waals surface area contributed by atoms with Gasteiger partial charge in [-0.1, -0.05) is 164 Å². The van der Waals surface area contributed by atoms with Crippen LogP contribution in [0.1, 0.15) is 0 Å². The molecular formula is C54H36N2OSi. The Bertz CT molecular complexity index is 3360. The zero-order valence-corrected chi connectivity index (χ0v) is 32.6. The van der Waals surface area contributed by atoms with Gasteiger partial charge < -0.3 is 13.6 Å². The van der Waals surface area contributed by atoms with Crippen LogP contribution in [0.5, 0.6) is 0 Å². The van der Waals surface area contributed by atoms with Crippen molar-refractivity contribution < 1.29 is 4.42 Å². The first-order chi connectivity index (χ1) is 28.8. The summed E-state index contributed by atoms with van der Waals surface area (Å²) in [5, 5.41) is 12.6. The number of rotatable bonds is 6. The van der Waals surface area contributed by atoms with E-state index in [-0.39, 0.29) is 0 Å². The third kappa shape index (κ3) is 4.67. The van der Waals surface area contributed by atoms with E-state index >= 15 is 0 Å². The van der Waals surface area contributed by atoms with Gasteiger partial charge in [-0.2, -0.15) is 0 Å². The van der Waals surface area contributed by atoms with Crippen molar-refractivity contribution in [3.63, 3.8) is 0 Å². The summed E-state index contributed by atoms with van der Waals surface area (Å²) in [6, 6.07) is 80.1. The quantitative estimate of drug-likeness (QED) is 0.122. The molecule has 12 rings (SSSR count). The average Bonchev–Trinajstić information content (AvgIpc) is 3.95. The van der Waals surface area contributed by atoms with E-state index in [0.29, 0.717) is 0 Å². The van der Waals surface area contributed by atoms with Crippen molar-refractivity contribution in [3.05, 3.63) is 218 Å². The molecule has 0 saturated carbocycles. The highest BCUT2D eigenvalue weighted by molar-refractivity contribution is 7.20. The van der Waals surface area contributed by atoms with Crippen molar-refractivity contribution in [2.24, 2.45) is 0 Å². The lowest BCUT2D eigenvalue weighted by atomic mass is 10.1. The number of benzene rings is 9. The highest BCUT2D eigenvalue weighted by atomic mass is 28.3. The van der Waals surface area contributed by atoms with E-state index in [1.165, 1.54) is 53.3 Å². The van der Waals surface area contributed by atoms with Gasteiger partial charge in [-0.05, 0) is 75.3 Å². The summed E-state index contributed by atoms with van der Waals surface area (Å²) >= 11 is 0. The Morgan fingerprint density at radius 3 is 1.40 bits per heavy atom. The molecule has 0 aliphatic heterocycles. The Hall–Kier alpha value is -7.40. The SMILES string of the molecule is c1ccc([Si](c2ccccc2)(c2ccccc2)c2ccc3oc4cccc(-n5c6ccccc6c6cc(-n7c8ccccc8c8ccccc87)ccc65)c4c3c2)cc1. The highest BCUT2D eigenvalue weighted by Crippen LogP contribution is 2.40. The Kier molecular flexibility index (Phi) is 7.25. The van der Waals surface area contributed by atoms with Gasteiger partial charge >= 0.3 is 0 Å². The smallest absolute Gasteiger partial charge is 0.179 e. The molecular weight excluding hydrogens is 721 g/mol. The zero-order valence-electron chi connectivity index (χ0n) is 31.6. The molecule has 12 aromatic rings. The molecule has 9 aromatic carbocycles. The van der Waals surface area contributed by atoms with Crippen LogP contribution < -0.4 is 20.7 Å². The number of aromatic nitrogens is 2. The predicted molar refractivity (Wildman–Crippen MR) is 246 cm³/mol. The van der Waals surface area contributed by atoms with Crippen molar-refractivity contribution >= 4 is 94.4 Å². The van der Waals surface area contributed by atoms with Gasteiger partial charge in [-0.25, -0.2) is 0 Å². The molecule has 4 heteroatoms. The van der Waals surface area contributed by atoms with Crippen molar-refractivity contribution in [1.82, 2.24) is 9.13 Å². The fourth-order valence-corrected chi connectivity index (χ4v) is 14.6. The van der Waals surface area contributed by atoms with Crippen molar-refractivity contribution in [2.75, 3.05) is 0 Å². The second-order valence-corrected chi connectivity index (χ2v) is 19.0. The van der Waals surface area contributed by atoms with E-state index in [0.717, 1.165) is 44.3 Å². The normalized spacial score (nSPS) is 12.1. The Labute approximate surface area is 336 Å². The van der Waals surface area contributed by atoms with Gasteiger partial charge in [0.05, 0.1) is 33.1 Å². The minimum Gasteiger partial charge on any atom is -0.456 e. The molecule has 0 saturated heterocycles. The first-order valence-electron chi connectivity index (χ1n) is 19.9. The number of hydrogen-bond acceptors (Lipinski definition) is 1. The van der Waals surface area contributed by atoms with Crippen molar-refractivity contribution in [1.29, 1.82) is 0 Å². The molecule has 3 nitrogen and oxygen atoms in total. The molecule has 0 N–H and O–H groups in total. The summed E-state index contributed by atoms with van der Waals surface area (Å²) in [6.45, 7) is 0. The molecule has 3 heterocycles. The van der Waals surface area contributed by atoms with Gasteiger partial charge in [0, 0.05) is 32.6 Å². The zero-order chi connectivity index (χ0) is 38.2. The fourth-order valence-electron chi connectivity index (χ4n) is 9.85. The summed E-state index contributed by atoms with van der Waals surface area (Å²) in [5.41, 5.74) is 8.75. The fraction of sp³-hybridized carbons (Fsp3) is 0. The molecule has 0 atom stereocenters. The second kappa shape index (κ2) is 12.8. The van der Waals surface area contributed by atoms with Crippen LogP contribution >= 0.6 is 0 Å². The molecule has 0 bridgehead atoms. The van der Waals surface area contributed by atoms with Gasteiger partial charge in [-0.3, -0.25) is 0 Å². The third-order valence-electron chi connectivity index (χ3n) is 12.3. The standard InChI is InChI=1S/C54H36N2OSi/c1-4-17-38(18-5-1)58(39-19-6-2-7-20-39,40-21-8-3-9-22-40)41-32-34-52-46(36-41)54-51(29-16-30-53(54)57-52)56-49-28-15-12-25-44(49)45-35-37(31-33-50(45)56)55-47-26-13-10-23-42(47)43-24-11-14-27-48(43)55/h1-36H. The highest BCUT2D eigenvalue weighted by Gasteiger charge is 2.41. The van der Waals surface area contributed by atoms with E-state index in [1.807, 2.05) is 0 Å². The minimum atomic E-state index is -2.77. The van der Waals surface area contributed by atoms with Gasteiger partial charge in [0.15, 0.2) is 8.07 Å². The van der Waals surface area contributed by atoms with Crippen LogP contribution in [-0.2, 0) is 0 Å². The number of fused-ring (bicyclic) bond motifs is 9. The van der Waals surface area contributed by atoms with Crippen LogP contribution in [0.2, 0.25) is 0 Å². The maximum atomic E-state index is 6.75. The molecule has 0 unspecified atom stereocenters. The molecule has 0 amide bonds. The number of furan rings is 1. The lowest BCUT2D eigenvalue weighted by Crippen LogP contribution is -2.74. The van der Waals surface area contributed by atoms with Crippen LogP contribution in [-0.4, -0.2) is 17.2 Å². The number of nitrogens with zero attached hydrogens (tertiary/aromatic N) is 2. The monoisotopic (exact) mass is 756 g/mol. The summed E-state index contributed by atoms with van der Waals surface area (Å²) in [4.78, 5) is 0. The Morgan fingerprint density at radius 1 is 0.310 bits per heavy atom. The average molecular weight is 757 g/mol. The third-order valence-corrected chi connectivity index (χ3v) is 17.0. The molecule has 0 spiro atoms. The molecule has 3 aromatic heterocycles. The lowest BCUT2D eigenvalue weighted by Gasteiger charge is -2.34. The van der Waals surface area contributed by atoms with E-state index in [2.05, 4.69) is 228 Å². The molecule has 58 heavy (non-hydrogen) atoms. The first kappa shape index (κ1) is 32.8. The molecule has 0 aliphatic carbocycles. The molecule has 0 fully saturated rings. The van der Waals surface area contributed by atoms with Crippen LogP contribution in [0.3, 0.4) is 0 Å². The Morgan fingerprint density at radius 2 is 0.810 bits per heavy atom. The molecule has 0 aliphatic rings.